The first kappa shape index (κ1) is 17.6. The van der Waals surface area contributed by atoms with E-state index in [-0.39, 0.29) is 5.54 Å². The lowest BCUT2D eigenvalue weighted by Gasteiger charge is -2.37. The number of halogens is 2. The van der Waals surface area contributed by atoms with Gasteiger partial charge in [0.15, 0.2) is 5.82 Å². The van der Waals surface area contributed by atoms with Crippen LogP contribution in [0.1, 0.15) is 25.5 Å². The summed E-state index contributed by atoms with van der Waals surface area (Å²) in [5.74, 6) is 1.71. The van der Waals surface area contributed by atoms with E-state index in [9.17, 15) is 0 Å². The Hall–Kier alpha value is -1.82. The summed E-state index contributed by atoms with van der Waals surface area (Å²) in [5, 5.41) is 1.03. The summed E-state index contributed by atoms with van der Waals surface area (Å²) in [6.07, 6.45) is 5.71. The first-order valence-electron chi connectivity index (χ1n) is 8.69. The van der Waals surface area contributed by atoms with Crippen LogP contribution in [-0.2, 0) is 0 Å². The van der Waals surface area contributed by atoms with E-state index in [4.69, 9.17) is 33.9 Å². The van der Waals surface area contributed by atoms with Gasteiger partial charge in [-0.25, -0.2) is 9.97 Å². The number of anilines is 1. The van der Waals surface area contributed by atoms with Gasteiger partial charge >= 0.3 is 0 Å². The van der Waals surface area contributed by atoms with Gasteiger partial charge in [-0.1, -0.05) is 29.3 Å². The van der Waals surface area contributed by atoms with Crippen LogP contribution in [0, 0.1) is 6.92 Å². The molecule has 2 N–H and O–H groups in total. The van der Waals surface area contributed by atoms with Gasteiger partial charge in [-0.2, -0.15) is 0 Å². The molecule has 0 aliphatic carbocycles. The molecule has 0 spiro atoms. The number of benzene rings is 1. The van der Waals surface area contributed by atoms with Crippen LogP contribution < -0.4 is 10.6 Å². The Morgan fingerprint density at radius 2 is 1.92 bits per heavy atom. The smallest absolute Gasteiger partial charge is 0.154 e. The van der Waals surface area contributed by atoms with E-state index in [1.807, 2.05) is 35.9 Å². The van der Waals surface area contributed by atoms with Gasteiger partial charge in [-0.05, 0) is 38.8 Å². The normalized spacial score (nSPS) is 17.0. The lowest BCUT2D eigenvalue weighted by atomic mass is 9.91. The highest BCUT2D eigenvalue weighted by atomic mass is 35.5. The zero-order chi connectivity index (χ0) is 18.5. The predicted molar refractivity (Wildman–Crippen MR) is 107 cm³/mol. The van der Waals surface area contributed by atoms with Gasteiger partial charge in [0.25, 0.3) is 0 Å². The number of rotatable bonds is 2. The molecule has 0 bridgehead atoms. The molecule has 1 aromatic carbocycles. The van der Waals surface area contributed by atoms with Crippen LogP contribution in [0.15, 0.2) is 30.6 Å². The molecule has 0 saturated carbocycles. The van der Waals surface area contributed by atoms with Crippen molar-refractivity contribution in [3.05, 3.63) is 46.3 Å². The Labute approximate surface area is 162 Å². The van der Waals surface area contributed by atoms with Gasteiger partial charge in [-0.15, -0.1) is 0 Å². The molecule has 1 saturated heterocycles. The van der Waals surface area contributed by atoms with Crippen molar-refractivity contribution >= 4 is 34.5 Å². The van der Waals surface area contributed by atoms with Gasteiger partial charge in [0, 0.05) is 30.4 Å². The summed E-state index contributed by atoms with van der Waals surface area (Å²) in [4.78, 5) is 11.7. The molecule has 7 heteroatoms. The molecule has 0 atom stereocenters. The third-order valence-electron chi connectivity index (χ3n) is 5.02. The summed E-state index contributed by atoms with van der Waals surface area (Å²) >= 11 is 12.6. The molecular weight excluding hydrogens is 369 g/mol. The van der Waals surface area contributed by atoms with Gasteiger partial charge in [0.2, 0.25) is 0 Å². The van der Waals surface area contributed by atoms with Crippen molar-refractivity contribution in [1.82, 2.24) is 14.4 Å². The van der Waals surface area contributed by atoms with E-state index in [0.717, 1.165) is 54.3 Å². The van der Waals surface area contributed by atoms with Crippen molar-refractivity contribution in [2.45, 2.75) is 32.2 Å². The molecule has 1 aliphatic heterocycles. The number of fused-ring (bicyclic) bond motifs is 1. The van der Waals surface area contributed by atoms with E-state index >= 15 is 0 Å². The minimum atomic E-state index is -0.101. The lowest BCUT2D eigenvalue weighted by molar-refractivity contribution is 0.363. The number of imidazole rings is 1. The molecule has 0 unspecified atom stereocenters. The first-order valence-corrected chi connectivity index (χ1v) is 9.44. The number of hydrogen-bond donors (Lipinski definition) is 1. The monoisotopic (exact) mass is 389 g/mol. The van der Waals surface area contributed by atoms with Crippen LogP contribution in [0.25, 0.3) is 16.9 Å². The van der Waals surface area contributed by atoms with Crippen molar-refractivity contribution in [3.63, 3.8) is 0 Å². The molecular formula is C19H21Cl2N5. The Bertz CT molecular complexity index is 969. The Morgan fingerprint density at radius 1 is 1.19 bits per heavy atom. The highest BCUT2D eigenvalue weighted by Gasteiger charge is 2.28. The number of aromatic nitrogens is 3. The maximum Gasteiger partial charge on any atom is 0.154 e. The van der Waals surface area contributed by atoms with Gasteiger partial charge < -0.3 is 10.6 Å². The van der Waals surface area contributed by atoms with Crippen LogP contribution in [0.4, 0.5) is 5.82 Å². The second-order valence-corrected chi connectivity index (χ2v) is 8.07. The minimum absolute atomic E-state index is 0.101. The number of hydrogen-bond acceptors (Lipinski definition) is 4. The average molecular weight is 390 g/mol. The third kappa shape index (κ3) is 3.04. The Balaban J connectivity index is 1.83. The summed E-state index contributed by atoms with van der Waals surface area (Å²) < 4.78 is 2.05. The standard InChI is InChI=1S/C19H21Cl2N5/c1-12-11-26-15(18(24-12)25-8-6-19(2,22)7-9-25)10-23-17(26)13-4-3-5-14(20)16(13)21/h3-5,10-11H,6-9,22H2,1-2H3. The molecule has 3 heterocycles. The topological polar surface area (TPSA) is 59.5 Å². The third-order valence-corrected chi connectivity index (χ3v) is 5.84. The zero-order valence-electron chi connectivity index (χ0n) is 14.8. The van der Waals surface area contributed by atoms with Crippen molar-refractivity contribution in [2.75, 3.05) is 18.0 Å². The Kier molecular flexibility index (Phi) is 4.34. The fourth-order valence-electron chi connectivity index (χ4n) is 3.43. The summed E-state index contributed by atoms with van der Waals surface area (Å²) in [6.45, 7) is 5.88. The largest absolute Gasteiger partial charge is 0.355 e. The van der Waals surface area contributed by atoms with Crippen LogP contribution in [-0.4, -0.2) is 33.0 Å². The SMILES string of the molecule is Cc1cn2c(-c3cccc(Cl)c3Cl)ncc2c(N2CCC(C)(N)CC2)n1. The molecule has 3 aromatic rings. The molecule has 5 nitrogen and oxygen atoms in total. The fraction of sp³-hybridized carbons (Fsp3) is 0.368. The van der Waals surface area contributed by atoms with E-state index < -0.39 is 0 Å². The average Bonchev–Trinajstić information content (AvgIpc) is 3.00. The number of nitrogens with zero attached hydrogens (tertiary/aromatic N) is 4. The van der Waals surface area contributed by atoms with Gasteiger partial charge in [0.1, 0.15) is 11.3 Å². The van der Waals surface area contributed by atoms with Crippen LogP contribution in [0.5, 0.6) is 0 Å². The fourth-order valence-corrected chi connectivity index (χ4v) is 3.82. The molecule has 136 valence electrons. The van der Waals surface area contributed by atoms with Crippen molar-refractivity contribution in [1.29, 1.82) is 0 Å². The maximum atomic E-state index is 6.42. The van der Waals surface area contributed by atoms with Crippen LogP contribution in [0.2, 0.25) is 10.0 Å². The lowest BCUT2D eigenvalue weighted by Crippen LogP contribution is -2.48. The minimum Gasteiger partial charge on any atom is -0.355 e. The summed E-state index contributed by atoms with van der Waals surface area (Å²) in [7, 11) is 0. The molecule has 0 amide bonds. The first-order chi connectivity index (χ1) is 12.4. The molecule has 1 aliphatic rings. The van der Waals surface area contributed by atoms with Gasteiger partial charge in [0.05, 0.1) is 21.9 Å². The van der Waals surface area contributed by atoms with E-state index in [0.29, 0.717) is 10.0 Å². The van der Waals surface area contributed by atoms with E-state index in [1.165, 1.54) is 0 Å². The molecule has 4 rings (SSSR count). The number of piperidine rings is 1. The van der Waals surface area contributed by atoms with Crippen molar-refractivity contribution < 1.29 is 0 Å². The predicted octanol–water partition coefficient (Wildman–Crippen LogP) is 4.33. The molecule has 1 fully saturated rings. The van der Waals surface area contributed by atoms with Gasteiger partial charge in [-0.3, -0.25) is 4.40 Å². The van der Waals surface area contributed by atoms with E-state index in [1.54, 1.807) is 6.07 Å². The number of aryl methyl sites for hydroxylation is 1. The van der Waals surface area contributed by atoms with Crippen molar-refractivity contribution in [3.8, 4) is 11.4 Å². The van der Waals surface area contributed by atoms with Crippen LogP contribution in [0.3, 0.4) is 0 Å². The van der Waals surface area contributed by atoms with E-state index in [2.05, 4.69) is 16.8 Å². The maximum absolute atomic E-state index is 6.42. The summed E-state index contributed by atoms with van der Waals surface area (Å²) in [6, 6.07) is 5.59. The summed E-state index contributed by atoms with van der Waals surface area (Å²) in [5.41, 5.74) is 8.87. The second kappa shape index (κ2) is 6.41. The Morgan fingerprint density at radius 3 is 2.65 bits per heavy atom. The number of nitrogens with two attached hydrogens (primary N) is 1. The zero-order valence-corrected chi connectivity index (χ0v) is 16.3. The molecule has 0 radical (unpaired) electrons. The molecule has 2 aromatic heterocycles. The molecule has 26 heavy (non-hydrogen) atoms. The highest BCUT2D eigenvalue weighted by Crippen LogP contribution is 2.35. The quantitative estimate of drug-likeness (QED) is 0.708. The highest BCUT2D eigenvalue weighted by molar-refractivity contribution is 6.43. The van der Waals surface area contributed by atoms with Crippen molar-refractivity contribution in [2.24, 2.45) is 5.73 Å². The second-order valence-electron chi connectivity index (χ2n) is 7.29. The van der Waals surface area contributed by atoms with Crippen LogP contribution >= 0.6 is 23.2 Å².